The molecule has 0 saturated carbocycles. The Balaban J connectivity index is 1.89. The second-order valence-electron chi connectivity index (χ2n) is 6.11. The van der Waals surface area contributed by atoms with Gasteiger partial charge in [0.1, 0.15) is 11.4 Å². The molecule has 1 heterocycles. The Labute approximate surface area is 152 Å². The van der Waals surface area contributed by atoms with E-state index in [1.165, 1.54) is 0 Å². The molecule has 25 heavy (non-hydrogen) atoms. The number of nitrogens with one attached hydrogen (secondary N) is 1. The average Bonchev–Trinajstić information content (AvgIpc) is 3.15. The van der Waals surface area contributed by atoms with Crippen molar-refractivity contribution in [1.82, 2.24) is 4.98 Å². The Morgan fingerprint density at radius 1 is 1.04 bits per heavy atom. The first kappa shape index (κ1) is 17.3. The van der Waals surface area contributed by atoms with Gasteiger partial charge in [-0.1, -0.05) is 30.8 Å². The number of anilines is 2. The van der Waals surface area contributed by atoms with E-state index in [4.69, 9.17) is 16.2 Å². The van der Waals surface area contributed by atoms with Gasteiger partial charge < -0.3 is 21.2 Å². The minimum atomic E-state index is -0.416. The van der Waals surface area contributed by atoms with Gasteiger partial charge in [0.2, 0.25) is 0 Å². The van der Waals surface area contributed by atoms with Gasteiger partial charge in [0.15, 0.2) is 0 Å². The fourth-order valence-electron chi connectivity index (χ4n) is 2.58. The summed E-state index contributed by atoms with van der Waals surface area (Å²) < 4.78 is 6.44. The first-order valence-electron chi connectivity index (χ1n) is 8.26. The summed E-state index contributed by atoms with van der Waals surface area (Å²) in [6.07, 6.45) is 2.77. The second-order valence-corrected chi connectivity index (χ2v) is 7.23. The maximum absolute atomic E-state index is 6.44. The van der Waals surface area contributed by atoms with Crippen molar-refractivity contribution in [2.45, 2.75) is 35.7 Å². The highest BCUT2D eigenvalue weighted by Crippen LogP contribution is 2.39. The van der Waals surface area contributed by atoms with E-state index in [9.17, 15) is 0 Å². The predicted octanol–water partition coefficient (Wildman–Crippen LogP) is 5.03. The van der Waals surface area contributed by atoms with Gasteiger partial charge in [-0.25, -0.2) is 0 Å². The summed E-state index contributed by atoms with van der Waals surface area (Å²) in [7, 11) is 0. The van der Waals surface area contributed by atoms with Crippen molar-refractivity contribution in [2.24, 2.45) is 0 Å². The molecule has 130 valence electrons. The monoisotopic (exact) mass is 353 g/mol. The van der Waals surface area contributed by atoms with Crippen molar-refractivity contribution in [1.29, 1.82) is 0 Å². The molecule has 3 rings (SSSR count). The quantitative estimate of drug-likeness (QED) is 0.543. The van der Waals surface area contributed by atoms with Crippen LogP contribution >= 0.6 is 11.8 Å². The number of ether oxygens (including phenoxy) is 1. The normalized spacial score (nSPS) is 13.4. The molecule has 5 heteroatoms. The molecule has 0 aliphatic carbocycles. The zero-order valence-electron chi connectivity index (χ0n) is 14.5. The fraction of sp³-hybridized carbons (Fsp3) is 0.200. The number of hydrogen-bond donors (Lipinski definition) is 3. The molecule has 0 spiro atoms. The highest BCUT2D eigenvalue weighted by Gasteiger charge is 2.28. The summed E-state index contributed by atoms with van der Waals surface area (Å²) in [6, 6.07) is 17.8. The van der Waals surface area contributed by atoms with Crippen LogP contribution in [-0.4, -0.2) is 4.98 Å². The molecular formula is C20H23N3OS. The smallest absolute Gasteiger partial charge is 0.145 e. The molecule has 4 nitrogen and oxygen atoms in total. The van der Waals surface area contributed by atoms with Crippen LogP contribution in [0, 0.1) is 0 Å². The molecule has 0 bridgehead atoms. The van der Waals surface area contributed by atoms with Crippen LogP contribution in [-0.2, 0) is 5.60 Å². The zero-order valence-corrected chi connectivity index (χ0v) is 15.3. The largest absolute Gasteiger partial charge is 0.480 e. The summed E-state index contributed by atoms with van der Waals surface area (Å²) >= 11 is 1.61. The molecule has 0 aliphatic heterocycles. The highest BCUT2D eigenvalue weighted by molar-refractivity contribution is 7.99. The first-order valence-corrected chi connectivity index (χ1v) is 9.08. The van der Waals surface area contributed by atoms with E-state index in [1.54, 1.807) is 11.8 Å². The van der Waals surface area contributed by atoms with Crippen LogP contribution in [0.4, 0.5) is 11.4 Å². The lowest BCUT2D eigenvalue weighted by molar-refractivity contribution is 0.0750. The number of aromatic nitrogens is 1. The Kier molecular flexibility index (Phi) is 4.95. The molecular weight excluding hydrogens is 330 g/mol. The fourth-order valence-corrected chi connectivity index (χ4v) is 3.51. The molecule has 3 aromatic rings. The van der Waals surface area contributed by atoms with Crippen molar-refractivity contribution in [3.63, 3.8) is 0 Å². The molecule has 0 fully saturated rings. The number of para-hydroxylation sites is 1. The van der Waals surface area contributed by atoms with Crippen molar-refractivity contribution < 1.29 is 4.74 Å². The van der Waals surface area contributed by atoms with Crippen LogP contribution < -0.4 is 16.2 Å². The summed E-state index contributed by atoms with van der Waals surface area (Å²) in [5.74, 6) is 0.849. The third-order valence-electron chi connectivity index (χ3n) is 4.31. The molecule has 1 aromatic heterocycles. The van der Waals surface area contributed by atoms with E-state index < -0.39 is 5.60 Å². The minimum Gasteiger partial charge on any atom is -0.480 e. The third kappa shape index (κ3) is 3.77. The van der Waals surface area contributed by atoms with Gasteiger partial charge in [0.05, 0.1) is 22.0 Å². The van der Waals surface area contributed by atoms with Gasteiger partial charge >= 0.3 is 0 Å². The Bertz CT molecular complexity index is 848. The second kappa shape index (κ2) is 7.15. The van der Waals surface area contributed by atoms with Crippen LogP contribution in [0.2, 0.25) is 0 Å². The average molecular weight is 353 g/mol. The lowest BCUT2D eigenvalue weighted by Crippen LogP contribution is -2.29. The third-order valence-corrected chi connectivity index (χ3v) is 5.36. The number of benzene rings is 2. The predicted molar refractivity (Wildman–Crippen MR) is 105 cm³/mol. The van der Waals surface area contributed by atoms with Gasteiger partial charge in [-0.3, -0.25) is 0 Å². The van der Waals surface area contributed by atoms with Crippen molar-refractivity contribution >= 4 is 23.1 Å². The molecule has 0 saturated heterocycles. The Morgan fingerprint density at radius 3 is 2.52 bits per heavy atom. The molecule has 5 N–H and O–H groups in total. The Hall–Kier alpha value is -2.53. The maximum Gasteiger partial charge on any atom is 0.145 e. The number of hydrogen-bond acceptors (Lipinski definition) is 4. The lowest BCUT2D eigenvalue weighted by atomic mass is 9.99. The lowest BCUT2D eigenvalue weighted by Gasteiger charge is -2.29. The summed E-state index contributed by atoms with van der Waals surface area (Å²) in [5.41, 5.74) is 13.6. The van der Waals surface area contributed by atoms with Crippen molar-refractivity contribution in [3.05, 3.63) is 66.5 Å². The number of nitrogen functional groups attached to an aromatic ring is 2. The van der Waals surface area contributed by atoms with E-state index in [1.807, 2.05) is 48.7 Å². The molecule has 0 radical (unpaired) electrons. The van der Waals surface area contributed by atoms with Crippen LogP contribution in [0.25, 0.3) is 0 Å². The van der Waals surface area contributed by atoms with E-state index in [2.05, 4.69) is 31.0 Å². The molecule has 2 aromatic carbocycles. The molecule has 0 aliphatic rings. The first-order chi connectivity index (χ1) is 12.0. The van der Waals surface area contributed by atoms with Gasteiger partial charge in [-0.05, 0) is 55.8 Å². The van der Waals surface area contributed by atoms with Gasteiger partial charge in [-0.2, -0.15) is 0 Å². The Morgan fingerprint density at radius 2 is 1.84 bits per heavy atom. The van der Waals surface area contributed by atoms with Crippen LogP contribution in [0.15, 0.2) is 70.6 Å². The highest BCUT2D eigenvalue weighted by atomic mass is 32.2. The summed E-state index contributed by atoms with van der Waals surface area (Å²) in [5, 5.41) is 0. The molecule has 0 amide bonds. The molecule has 1 atom stereocenters. The van der Waals surface area contributed by atoms with Crippen molar-refractivity contribution in [3.8, 4) is 5.75 Å². The SMILES string of the molecule is CCC(C)(Oc1ccccc1Sc1ccc(N)c(N)c1)c1ccc[nH]1. The number of H-pyrrole nitrogens is 1. The zero-order chi connectivity index (χ0) is 17.9. The van der Waals surface area contributed by atoms with E-state index in [-0.39, 0.29) is 0 Å². The topological polar surface area (TPSA) is 77.1 Å². The van der Waals surface area contributed by atoms with E-state index in [0.717, 1.165) is 27.7 Å². The minimum absolute atomic E-state index is 0.416. The van der Waals surface area contributed by atoms with Crippen LogP contribution in [0.3, 0.4) is 0 Å². The van der Waals surface area contributed by atoms with Gasteiger partial charge in [0, 0.05) is 11.1 Å². The number of aromatic amines is 1. The van der Waals surface area contributed by atoms with E-state index >= 15 is 0 Å². The van der Waals surface area contributed by atoms with E-state index in [0.29, 0.717) is 11.4 Å². The summed E-state index contributed by atoms with van der Waals surface area (Å²) in [6.45, 7) is 4.22. The van der Waals surface area contributed by atoms with Gasteiger partial charge in [-0.15, -0.1) is 0 Å². The summed E-state index contributed by atoms with van der Waals surface area (Å²) in [4.78, 5) is 5.34. The number of nitrogens with two attached hydrogens (primary N) is 2. The van der Waals surface area contributed by atoms with Crippen molar-refractivity contribution in [2.75, 3.05) is 11.5 Å². The van der Waals surface area contributed by atoms with Crippen LogP contribution in [0.5, 0.6) is 5.75 Å². The van der Waals surface area contributed by atoms with Gasteiger partial charge in [0.25, 0.3) is 0 Å². The number of rotatable bonds is 6. The van der Waals surface area contributed by atoms with Crippen LogP contribution in [0.1, 0.15) is 26.0 Å². The standard InChI is InChI=1S/C20H23N3OS/c1-3-20(2,19-9-6-12-23-19)24-17-7-4-5-8-18(17)25-14-10-11-15(21)16(22)13-14/h4-13,23H,3,21-22H2,1-2H3. The molecule has 1 unspecified atom stereocenters. The maximum atomic E-state index is 6.44.